The third-order valence-corrected chi connectivity index (χ3v) is 3.49. The molecule has 0 aliphatic carbocycles. The second-order valence-corrected chi connectivity index (χ2v) is 4.73. The van der Waals surface area contributed by atoms with Crippen molar-refractivity contribution in [1.29, 1.82) is 5.26 Å². The lowest BCUT2D eigenvalue weighted by Crippen LogP contribution is -2.06. The number of nitrogens with two attached hydrogens (primary N) is 1. The number of aromatic nitrogens is 1. The van der Waals surface area contributed by atoms with Gasteiger partial charge in [0.15, 0.2) is 0 Å². The zero-order chi connectivity index (χ0) is 13.3. The molecule has 0 aliphatic rings. The van der Waals surface area contributed by atoms with Crippen molar-refractivity contribution in [3.05, 3.63) is 51.7 Å². The molecule has 92 valence electrons. The average molecular weight is 260 g/mol. The number of nitriles is 1. The molecule has 2 aromatic rings. The second-order valence-electron chi connectivity index (χ2n) is 4.30. The van der Waals surface area contributed by atoms with Gasteiger partial charge in [0.25, 0.3) is 0 Å². The van der Waals surface area contributed by atoms with Crippen LogP contribution in [0.2, 0.25) is 5.02 Å². The van der Waals surface area contributed by atoms with Crippen LogP contribution in [-0.2, 0) is 6.54 Å². The minimum absolute atomic E-state index is 0.530. The Labute approximate surface area is 111 Å². The van der Waals surface area contributed by atoms with Gasteiger partial charge in [-0.3, -0.25) is 0 Å². The molecule has 0 unspecified atom stereocenters. The Morgan fingerprint density at radius 1 is 1.28 bits per heavy atom. The molecule has 1 heterocycles. The summed E-state index contributed by atoms with van der Waals surface area (Å²) >= 11 is 5.85. The van der Waals surface area contributed by atoms with E-state index < -0.39 is 0 Å². The van der Waals surface area contributed by atoms with Gasteiger partial charge in [0.1, 0.15) is 11.9 Å². The largest absolute Gasteiger partial charge is 0.384 e. The molecule has 0 aliphatic heterocycles. The van der Waals surface area contributed by atoms with Crippen molar-refractivity contribution >= 4 is 17.4 Å². The van der Waals surface area contributed by atoms with Crippen molar-refractivity contribution in [3.8, 4) is 6.07 Å². The van der Waals surface area contributed by atoms with E-state index in [0.29, 0.717) is 22.9 Å². The molecular weight excluding hydrogens is 246 g/mol. The van der Waals surface area contributed by atoms with Crippen LogP contribution < -0.4 is 5.73 Å². The number of hydrogen-bond donors (Lipinski definition) is 1. The molecule has 1 aromatic carbocycles. The van der Waals surface area contributed by atoms with Gasteiger partial charge in [0, 0.05) is 17.3 Å². The molecule has 0 spiro atoms. The van der Waals surface area contributed by atoms with E-state index >= 15 is 0 Å². The normalized spacial score (nSPS) is 10.3. The first kappa shape index (κ1) is 12.5. The molecule has 0 amide bonds. The minimum atomic E-state index is 0.530. The van der Waals surface area contributed by atoms with E-state index in [1.807, 2.05) is 42.7 Å². The number of hydrogen-bond acceptors (Lipinski definition) is 2. The summed E-state index contributed by atoms with van der Waals surface area (Å²) in [7, 11) is 0. The molecule has 0 fully saturated rings. The topological polar surface area (TPSA) is 54.7 Å². The van der Waals surface area contributed by atoms with Crippen LogP contribution in [0.4, 0.5) is 5.82 Å². The quantitative estimate of drug-likeness (QED) is 0.900. The molecule has 0 saturated heterocycles. The summed E-state index contributed by atoms with van der Waals surface area (Å²) in [4.78, 5) is 0. The third-order valence-electron chi connectivity index (χ3n) is 3.24. The van der Waals surface area contributed by atoms with Gasteiger partial charge in [-0.15, -0.1) is 0 Å². The molecule has 0 saturated carbocycles. The van der Waals surface area contributed by atoms with Crippen LogP contribution in [-0.4, -0.2) is 4.57 Å². The van der Waals surface area contributed by atoms with E-state index in [4.69, 9.17) is 22.6 Å². The molecule has 1 aromatic heterocycles. The van der Waals surface area contributed by atoms with Crippen LogP contribution in [0, 0.1) is 25.2 Å². The number of benzene rings is 1. The first-order chi connectivity index (χ1) is 8.54. The summed E-state index contributed by atoms with van der Waals surface area (Å²) in [5.74, 6) is 0.530. The van der Waals surface area contributed by atoms with E-state index in [0.717, 1.165) is 16.8 Å². The van der Waals surface area contributed by atoms with E-state index in [1.165, 1.54) is 0 Å². The highest BCUT2D eigenvalue weighted by molar-refractivity contribution is 6.30. The van der Waals surface area contributed by atoms with Crippen molar-refractivity contribution in [2.45, 2.75) is 20.4 Å². The maximum Gasteiger partial charge on any atom is 0.122 e. The maximum atomic E-state index is 9.08. The first-order valence-electron chi connectivity index (χ1n) is 5.64. The maximum absolute atomic E-state index is 9.08. The van der Waals surface area contributed by atoms with E-state index in [-0.39, 0.29) is 0 Å². The summed E-state index contributed by atoms with van der Waals surface area (Å²) in [6.07, 6.45) is 0. The van der Waals surface area contributed by atoms with E-state index in [9.17, 15) is 0 Å². The number of nitrogen functional groups attached to an aromatic ring is 1. The van der Waals surface area contributed by atoms with Gasteiger partial charge < -0.3 is 10.3 Å². The van der Waals surface area contributed by atoms with Crippen molar-refractivity contribution in [3.63, 3.8) is 0 Å². The van der Waals surface area contributed by atoms with Gasteiger partial charge in [0.05, 0.1) is 5.56 Å². The fraction of sp³-hybridized carbons (Fsp3) is 0.214. The lowest BCUT2D eigenvalue weighted by molar-refractivity contribution is 0.784. The Morgan fingerprint density at radius 2 is 1.89 bits per heavy atom. The summed E-state index contributed by atoms with van der Waals surface area (Å²) in [5, 5.41) is 9.79. The molecule has 18 heavy (non-hydrogen) atoms. The van der Waals surface area contributed by atoms with Gasteiger partial charge in [0.2, 0.25) is 0 Å². The summed E-state index contributed by atoms with van der Waals surface area (Å²) in [6.45, 7) is 4.54. The Hall–Kier alpha value is -1.92. The minimum Gasteiger partial charge on any atom is -0.384 e. The SMILES string of the molecule is Cc1c(C#N)c(N)n(Cc2ccc(Cl)cc2)c1C. The number of nitrogens with zero attached hydrogens (tertiary/aromatic N) is 2. The zero-order valence-corrected chi connectivity index (χ0v) is 11.1. The smallest absolute Gasteiger partial charge is 0.122 e. The molecular formula is C14H14ClN3. The first-order valence-corrected chi connectivity index (χ1v) is 6.02. The summed E-state index contributed by atoms with van der Waals surface area (Å²) < 4.78 is 1.96. The highest BCUT2D eigenvalue weighted by atomic mass is 35.5. The van der Waals surface area contributed by atoms with Gasteiger partial charge in [-0.2, -0.15) is 5.26 Å². The van der Waals surface area contributed by atoms with Crippen LogP contribution in [0.25, 0.3) is 0 Å². The second kappa shape index (κ2) is 4.75. The van der Waals surface area contributed by atoms with Gasteiger partial charge in [-0.1, -0.05) is 23.7 Å². The zero-order valence-electron chi connectivity index (χ0n) is 10.4. The fourth-order valence-electron chi connectivity index (χ4n) is 2.01. The van der Waals surface area contributed by atoms with Crippen LogP contribution in [0.3, 0.4) is 0 Å². The van der Waals surface area contributed by atoms with Crippen molar-refractivity contribution in [2.24, 2.45) is 0 Å². The Balaban J connectivity index is 2.41. The third kappa shape index (κ3) is 2.07. The monoisotopic (exact) mass is 259 g/mol. The van der Waals surface area contributed by atoms with Crippen molar-refractivity contribution < 1.29 is 0 Å². The van der Waals surface area contributed by atoms with Crippen molar-refractivity contribution in [1.82, 2.24) is 4.57 Å². The Bertz CT molecular complexity index is 618. The molecule has 0 atom stereocenters. The highest BCUT2D eigenvalue weighted by Gasteiger charge is 2.14. The molecule has 3 nitrogen and oxygen atoms in total. The average Bonchev–Trinajstić information content (AvgIpc) is 2.56. The highest BCUT2D eigenvalue weighted by Crippen LogP contribution is 2.24. The van der Waals surface area contributed by atoms with Gasteiger partial charge in [-0.25, -0.2) is 0 Å². The van der Waals surface area contributed by atoms with E-state index in [1.54, 1.807) is 0 Å². The lowest BCUT2D eigenvalue weighted by Gasteiger charge is -2.09. The molecule has 0 radical (unpaired) electrons. The van der Waals surface area contributed by atoms with Crippen LogP contribution in [0.5, 0.6) is 0 Å². The van der Waals surface area contributed by atoms with Crippen LogP contribution in [0.1, 0.15) is 22.4 Å². The van der Waals surface area contributed by atoms with Crippen molar-refractivity contribution in [2.75, 3.05) is 5.73 Å². The Kier molecular flexibility index (Phi) is 3.31. The number of rotatable bonds is 2. The predicted molar refractivity (Wildman–Crippen MR) is 73.6 cm³/mol. The van der Waals surface area contributed by atoms with E-state index in [2.05, 4.69) is 6.07 Å². The molecule has 2 N–H and O–H groups in total. The molecule has 2 rings (SSSR count). The lowest BCUT2D eigenvalue weighted by atomic mass is 10.2. The number of halogens is 1. The molecule has 4 heteroatoms. The standard InChI is InChI=1S/C14H14ClN3/c1-9-10(2)18(14(17)13(9)7-16)8-11-3-5-12(15)6-4-11/h3-6H,8,17H2,1-2H3. The fourth-order valence-corrected chi connectivity index (χ4v) is 2.13. The molecule has 0 bridgehead atoms. The summed E-state index contributed by atoms with van der Waals surface area (Å²) in [6, 6.07) is 9.78. The number of anilines is 1. The summed E-state index contributed by atoms with van der Waals surface area (Å²) in [5.41, 5.74) is 9.66. The van der Waals surface area contributed by atoms with Crippen LogP contribution >= 0.6 is 11.6 Å². The predicted octanol–water partition coefficient (Wildman–Crippen LogP) is 3.26. The van der Waals surface area contributed by atoms with Gasteiger partial charge in [-0.05, 0) is 37.1 Å². The van der Waals surface area contributed by atoms with Gasteiger partial charge >= 0.3 is 0 Å². The van der Waals surface area contributed by atoms with Crippen LogP contribution in [0.15, 0.2) is 24.3 Å². The Morgan fingerprint density at radius 3 is 2.39 bits per heavy atom.